The van der Waals surface area contributed by atoms with Crippen LogP contribution in [0.1, 0.15) is 18.1 Å². The lowest BCUT2D eigenvalue weighted by molar-refractivity contribution is -0.117. The van der Waals surface area contributed by atoms with E-state index in [4.69, 9.17) is 23.2 Å². The number of nitrogens with zero attached hydrogens (tertiary/aromatic N) is 1. The number of nitrogens with one attached hydrogen (secondary N) is 1. The van der Waals surface area contributed by atoms with Crippen LogP contribution in [0, 0.1) is 0 Å². The van der Waals surface area contributed by atoms with Gasteiger partial charge in [-0.2, -0.15) is 0 Å². The Hall–Kier alpha value is -1.55. The number of carbonyl (C=O) groups excluding carboxylic acids is 1. The van der Waals surface area contributed by atoms with Gasteiger partial charge in [-0.05, 0) is 36.7 Å². The monoisotopic (exact) mass is 350 g/mol. The van der Waals surface area contributed by atoms with Gasteiger partial charge in [0.15, 0.2) is 0 Å². The maximum atomic E-state index is 12.1. The first-order chi connectivity index (χ1) is 11.0. The Morgan fingerprint density at radius 1 is 1.04 bits per heavy atom. The highest BCUT2D eigenvalue weighted by atomic mass is 35.5. The number of aryl methyl sites for hydroxylation is 1. The SMILES string of the molecule is CCc1ccc(CN(C)CC(=O)Nc2c(Cl)cccc2Cl)cc1. The van der Waals surface area contributed by atoms with E-state index in [1.807, 2.05) is 11.9 Å². The van der Waals surface area contributed by atoms with E-state index in [1.54, 1.807) is 18.2 Å². The summed E-state index contributed by atoms with van der Waals surface area (Å²) in [6.07, 6.45) is 1.02. The molecule has 0 saturated carbocycles. The predicted molar refractivity (Wildman–Crippen MR) is 97.2 cm³/mol. The van der Waals surface area contributed by atoms with Crippen molar-refractivity contribution in [3.05, 3.63) is 63.6 Å². The molecule has 0 fully saturated rings. The lowest BCUT2D eigenvalue weighted by Crippen LogP contribution is -2.30. The third kappa shape index (κ3) is 5.24. The second-order valence-electron chi connectivity index (χ2n) is 5.49. The third-order valence-corrected chi connectivity index (χ3v) is 4.15. The molecule has 0 aliphatic carbocycles. The molecule has 0 aliphatic rings. The normalized spacial score (nSPS) is 10.8. The zero-order chi connectivity index (χ0) is 16.8. The fourth-order valence-electron chi connectivity index (χ4n) is 2.29. The van der Waals surface area contributed by atoms with E-state index in [0.29, 0.717) is 22.3 Å². The maximum absolute atomic E-state index is 12.1. The van der Waals surface area contributed by atoms with Gasteiger partial charge in [0.2, 0.25) is 5.91 Å². The molecule has 1 N–H and O–H groups in total. The molecular weight excluding hydrogens is 331 g/mol. The van der Waals surface area contributed by atoms with Gasteiger partial charge in [0.05, 0.1) is 22.3 Å². The van der Waals surface area contributed by atoms with E-state index in [1.165, 1.54) is 11.1 Å². The average Bonchev–Trinajstić information content (AvgIpc) is 2.51. The molecule has 0 aromatic heterocycles. The Morgan fingerprint density at radius 3 is 2.17 bits per heavy atom. The van der Waals surface area contributed by atoms with E-state index < -0.39 is 0 Å². The molecule has 2 aromatic rings. The number of anilines is 1. The molecule has 0 unspecified atom stereocenters. The van der Waals surface area contributed by atoms with Gasteiger partial charge < -0.3 is 5.32 Å². The summed E-state index contributed by atoms with van der Waals surface area (Å²) < 4.78 is 0. The first-order valence-electron chi connectivity index (χ1n) is 7.49. The summed E-state index contributed by atoms with van der Waals surface area (Å²) in [5.41, 5.74) is 2.94. The summed E-state index contributed by atoms with van der Waals surface area (Å²) in [7, 11) is 1.90. The van der Waals surface area contributed by atoms with Crippen molar-refractivity contribution in [3.63, 3.8) is 0 Å². The van der Waals surface area contributed by atoms with Gasteiger partial charge in [-0.15, -0.1) is 0 Å². The van der Waals surface area contributed by atoms with E-state index >= 15 is 0 Å². The predicted octanol–water partition coefficient (Wildman–Crippen LogP) is 4.63. The number of para-hydroxylation sites is 1. The first-order valence-corrected chi connectivity index (χ1v) is 8.25. The molecule has 0 radical (unpaired) electrons. The molecule has 5 heteroatoms. The van der Waals surface area contributed by atoms with E-state index in [2.05, 4.69) is 36.5 Å². The fourth-order valence-corrected chi connectivity index (χ4v) is 2.78. The Kier molecular flexibility index (Phi) is 6.46. The van der Waals surface area contributed by atoms with Gasteiger partial charge in [0.1, 0.15) is 0 Å². The Bertz CT molecular complexity index is 651. The van der Waals surface area contributed by atoms with Crippen LogP contribution < -0.4 is 5.32 Å². The highest BCUT2D eigenvalue weighted by molar-refractivity contribution is 6.39. The lowest BCUT2D eigenvalue weighted by Gasteiger charge is -2.17. The van der Waals surface area contributed by atoms with Crippen LogP contribution in [0.2, 0.25) is 10.0 Å². The number of hydrogen-bond acceptors (Lipinski definition) is 2. The molecular formula is C18H20Cl2N2O. The molecule has 122 valence electrons. The second-order valence-corrected chi connectivity index (χ2v) is 6.30. The second kappa shape index (κ2) is 8.34. The van der Waals surface area contributed by atoms with Crippen LogP contribution in [0.3, 0.4) is 0 Å². The fraction of sp³-hybridized carbons (Fsp3) is 0.278. The number of hydrogen-bond donors (Lipinski definition) is 1. The summed E-state index contributed by atoms with van der Waals surface area (Å²) in [6, 6.07) is 13.6. The first kappa shape index (κ1) is 17.8. The number of likely N-dealkylation sites (N-methyl/N-ethyl adjacent to an activating group) is 1. The van der Waals surface area contributed by atoms with Gasteiger partial charge in [-0.1, -0.05) is 60.5 Å². The summed E-state index contributed by atoms with van der Waals surface area (Å²) in [5.74, 6) is -0.146. The number of rotatable bonds is 6. The van der Waals surface area contributed by atoms with Crippen molar-refractivity contribution in [1.29, 1.82) is 0 Å². The Balaban J connectivity index is 1.91. The molecule has 0 heterocycles. The minimum atomic E-state index is -0.146. The Morgan fingerprint density at radius 2 is 1.61 bits per heavy atom. The number of benzene rings is 2. The molecule has 0 atom stereocenters. The van der Waals surface area contributed by atoms with Crippen LogP contribution in [-0.4, -0.2) is 24.4 Å². The number of halogens is 2. The molecule has 2 rings (SSSR count). The van der Waals surface area contributed by atoms with Crippen molar-refractivity contribution in [2.45, 2.75) is 19.9 Å². The zero-order valence-electron chi connectivity index (χ0n) is 13.3. The number of amides is 1. The smallest absolute Gasteiger partial charge is 0.238 e. The highest BCUT2D eigenvalue weighted by Gasteiger charge is 2.11. The van der Waals surface area contributed by atoms with Crippen molar-refractivity contribution >= 4 is 34.8 Å². The number of carbonyl (C=O) groups is 1. The molecule has 0 saturated heterocycles. The lowest BCUT2D eigenvalue weighted by atomic mass is 10.1. The van der Waals surface area contributed by atoms with Crippen LogP contribution in [0.25, 0.3) is 0 Å². The average molecular weight is 351 g/mol. The van der Waals surface area contributed by atoms with Gasteiger partial charge >= 0.3 is 0 Å². The minimum Gasteiger partial charge on any atom is -0.322 e. The van der Waals surface area contributed by atoms with Crippen LogP contribution in [0.15, 0.2) is 42.5 Å². The van der Waals surface area contributed by atoms with Gasteiger partial charge in [0.25, 0.3) is 0 Å². The molecule has 0 aliphatic heterocycles. The van der Waals surface area contributed by atoms with Crippen molar-refractivity contribution in [2.24, 2.45) is 0 Å². The molecule has 2 aromatic carbocycles. The minimum absolute atomic E-state index is 0.146. The van der Waals surface area contributed by atoms with Crippen molar-refractivity contribution in [3.8, 4) is 0 Å². The zero-order valence-corrected chi connectivity index (χ0v) is 14.8. The topological polar surface area (TPSA) is 32.3 Å². The largest absolute Gasteiger partial charge is 0.322 e. The van der Waals surface area contributed by atoms with Crippen LogP contribution in [0.5, 0.6) is 0 Å². The van der Waals surface area contributed by atoms with Gasteiger partial charge in [-0.25, -0.2) is 0 Å². The van der Waals surface area contributed by atoms with Crippen molar-refractivity contribution < 1.29 is 4.79 Å². The van der Waals surface area contributed by atoms with Crippen molar-refractivity contribution in [1.82, 2.24) is 4.90 Å². The molecule has 0 spiro atoms. The molecule has 3 nitrogen and oxygen atoms in total. The van der Waals surface area contributed by atoms with E-state index in [0.717, 1.165) is 6.42 Å². The standard InChI is InChI=1S/C18H20Cl2N2O/c1-3-13-7-9-14(10-8-13)11-22(2)12-17(23)21-18-15(19)5-4-6-16(18)20/h4-10H,3,11-12H2,1-2H3,(H,21,23). The molecule has 1 amide bonds. The Labute approximate surface area is 147 Å². The van der Waals surface area contributed by atoms with Gasteiger partial charge in [0, 0.05) is 6.54 Å². The summed E-state index contributed by atoms with van der Waals surface area (Å²) in [4.78, 5) is 14.1. The summed E-state index contributed by atoms with van der Waals surface area (Å²) >= 11 is 12.1. The molecule has 0 bridgehead atoms. The molecule has 23 heavy (non-hydrogen) atoms. The quantitative estimate of drug-likeness (QED) is 0.823. The summed E-state index contributed by atoms with van der Waals surface area (Å²) in [5, 5.41) is 3.64. The van der Waals surface area contributed by atoms with Crippen LogP contribution in [0.4, 0.5) is 5.69 Å². The maximum Gasteiger partial charge on any atom is 0.238 e. The third-order valence-electron chi connectivity index (χ3n) is 3.52. The van der Waals surface area contributed by atoms with Crippen molar-refractivity contribution in [2.75, 3.05) is 18.9 Å². The van der Waals surface area contributed by atoms with Crippen LogP contribution in [-0.2, 0) is 17.8 Å². The summed E-state index contributed by atoms with van der Waals surface area (Å²) in [6.45, 7) is 3.09. The van der Waals surface area contributed by atoms with E-state index in [-0.39, 0.29) is 12.5 Å². The highest BCUT2D eigenvalue weighted by Crippen LogP contribution is 2.29. The van der Waals surface area contributed by atoms with E-state index in [9.17, 15) is 4.79 Å². The van der Waals surface area contributed by atoms with Gasteiger partial charge in [-0.3, -0.25) is 9.69 Å². The van der Waals surface area contributed by atoms with Crippen LogP contribution >= 0.6 is 23.2 Å².